The van der Waals surface area contributed by atoms with Gasteiger partial charge >= 0.3 is 0 Å². The highest BCUT2D eigenvalue weighted by molar-refractivity contribution is 9.11. The molecule has 0 heterocycles. The van der Waals surface area contributed by atoms with Crippen molar-refractivity contribution in [3.63, 3.8) is 0 Å². The molecule has 0 aliphatic rings. The summed E-state index contributed by atoms with van der Waals surface area (Å²) in [4.78, 5) is 24.5. The summed E-state index contributed by atoms with van der Waals surface area (Å²) in [5, 5.41) is 4.87. The van der Waals surface area contributed by atoms with Crippen molar-refractivity contribution in [2.75, 3.05) is 0 Å². The standard InChI is InChI=1S/C20H16Br2N2O2/c21-15-8-14(9-16(22)11-15)20(26)24-18(19(23)25)10-13-6-3-5-12-4-1-2-7-17(12)13/h1-9,11,18H,10H2,(H2,23,25)(H,24,26)/t18-/m0/s1. The molecule has 0 aromatic heterocycles. The van der Waals surface area contributed by atoms with Gasteiger partial charge in [-0.15, -0.1) is 0 Å². The van der Waals surface area contributed by atoms with Crippen LogP contribution in [0.25, 0.3) is 10.8 Å². The molecule has 0 saturated heterocycles. The van der Waals surface area contributed by atoms with Gasteiger partial charge < -0.3 is 11.1 Å². The van der Waals surface area contributed by atoms with Crippen molar-refractivity contribution in [1.82, 2.24) is 5.32 Å². The van der Waals surface area contributed by atoms with Gasteiger partial charge in [0.15, 0.2) is 0 Å². The lowest BCUT2D eigenvalue weighted by Crippen LogP contribution is -2.45. The van der Waals surface area contributed by atoms with E-state index in [1.54, 1.807) is 12.1 Å². The van der Waals surface area contributed by atoms with E-state index in [0.29, 0.717) is 12.0 Å². The van der Waals surface area contributed by atoms with Crippen molar-refractivity contribution < 1.29 is 9.59 Å². The first kappa shape index (κ1) is 18.6. The fourth-order valence-corrected chi connectivity index (χ4v) is 4.13. The average Bonchev–Trinajstić information content (AvgIpc) is 2.60. The molecule has 1 atom stereocenters. The minimum atomic E-state index is -0.800. The van der Waals surface area contributed by atoms with Crippen molar-refractivity contribution in [3.8, 4) is 0 Å². The Morgan fingerprint density at radius 3 is 2.31 bits per heavy atom. The molecule has 132 valence electrons. The number of amides is 2. The van der Waals surface area contributed by atoms with E-state index in [9.17, 15) is 9.59 Å². The maximum atomic E-state index is 12.6. The first-order chi connectivity index (χ1) is 12.4. The number of primary amides is 1. The number of halogens is 2. The molecule has 0 saturated carbocycles. The third-order valence-corrected chi connectivity index (χ3v) is 4.99. The fraction of sp³-hybridized carbons (Fsp3) is 0.100. The Balaban J connectivity index is 1.85. The van der Waals surface area contributed by atoms with Crippen molar-refractivity contribution in [1.29, 1.82) is 0 Å². The van der Waals surface area contributed by atoms with Crippen LogP contribution in [0.5, 0.6) is 0 Å². The highest BCUT2D eigenvalue weighted by Gasteiger charge is 2.20. The summed E-state index contributed by atoms with van der Waals surface area (Å²) in [5.41, 5.74) is 6.94. The number of carbonyl (C=O) groups is 2. The second kappa shape index (κ2) is 8.01. The molecule has 4 nitrogen and oxygen atoms in total. The highest BCUT2D eigenvalue weighted by atomic mass is 79.9. The van der Waals surface area contributed by atoms with Gasteiger partial charge in [-0.1, -0.05) is 74.3 Å². The molecular formula is C20H16Br2N2O2. The van der Waals surface area contributed by atoms with Gasteiger partial charge in [0, 0.05) is 20.9 Å². The molecule has 3 aromatic rings. The Morgan fingerprint density at radius 1 is 0.962 bits per heavy atom. The minimum absolute atomic E-state index is 0.331. The van der Waals surface area contributed by atoms with Crippen molar-refractivity contribution in [3.05, 3.63) is 80.7 Å². The summed E-state index contributed by atoms with van der Waals surface area (Å²) in [6.07, 6.45) is 0.331. The number of nitrogens with two attached hydrogens (primary N) is 1. The van der Waals surface area contributed by atoms with E-state index < -0.39 is 11.9 Å². The number of nitrogens with one attached hydrogen (secondary N) is 1. The smallest absolute Gasteiger partial charge is 0.252 e. The van der Waals surface area contributed by atoms with Crippen LogP contribution in [0, 0.1) is 0 Å². The monoisotopic (exact) mass is 474 g/mol. The van der Waals surface area contributed by atoms with Gasteiger partial charge in [0.1, 0.15) is 6.04 Å². The number of hydrogen-bond donors (Lipinski definition) is 2. The van der Waals surface area contributed by atoms with Gasteiger partial charge in [-0.2, -0.15) is 0 Å². The van der Waals surface area contributed by atoms with E-state index in [2.05, 4.69) is 37.2 Å². The fourth-order valence-electron chi connectivity index (χ4n) is 2.84. The topological polar surface area (TPSA) is 72.2 Å². The van der Waals surface area contributed by atoms with Crippen LogP contribution in [0.15, 0.2) is 69.6 Å². The summed E-state index contributed by atoms with van der Waals surface area (Å²) in [6, 6.07) is 18.2. The largest absolute Gasteiger partial charge is 0.368 e. The van der Waals surface area contributed by atoms with E-state index in [1.165, 1.54) is 0 Å². The number of fused-ring (bicyclic) bond motifs is 1. The molecule has 0 fully saturated rings. The van der Waals surface area contributed by atoms with Crippen LogP contribution < -0.4 is 11.1 Å². The lowest BCUT2D eigenvalue weighted by atomic mass is 9.98. The molecule has 3 rings (SSSR count). The van der Waals surface area contributed by atoms with Crippen LogP contribution in [0.3, 0.4) is 0 Å². The first-order valence-electron chi connectivity index (χ1n) is 7.97. The summed E-state index contributed by atoms with van der Waals surface area (Å²) in [5.74, 6) is -0.920. The second-order valence-electron chi connectivity index (χ2n) is 5.93. The third kappa shape index (κ3) is 4.31. The molecule has 0 unspecified atom stereocenters. The molecule has 0 bridgehead atoms. The number of rotatable bonds is 5. The Bertz CT molecular complexity index is 963. The summed E-state index contributed by atoms with van der Waals surface area (Å²) in [7, 11) is 0. The molecular weight excluding hydrogens is 460 g/mol. The minimum Gasteiger partial charge on any atom is -0.368 e. The summed E-state index contributed by atoms with van der Waals surface area (Å²) in [6.45, 7) is 0. The van der Waals surface area contributed by atoms with Crippen LogP contribution in [0.1, 0.15) is 15.9 Å². The Morgan fingerprint density at radius 2 is 1.62 bits per heavy atom. The van der Waals surface area contributed by atoms with E-state index >= 15 is 0 Å². The predicted octanol–water partition coefficient (Wildman–Crippen LogP) is 4.19. The van der Waals surface area contributed by atoms with Gasteiger partial charge in [0.05, 0.1) is 0 Å². The van der Waals surface area contributed by atoms with Gasteiger partial charge in [-0.25, -0.2) is 0 Å². The molecule has 2 amide bonds. The molecule has 0 spiro atoms. The van der Waals surface area contributed by atoms with Gasteiger partial charge in [-0.05, 0) is 34.5 Å². The zero-order chi connectivity index (χ0) is 18.7. The lowest BCUT2D eigenvalue weighted by Gasteiger charge is -2.17. The van der Waals surface area contributed by atoms with E-state index in [0.717, 1.165) is 25.3 Å². The van der Waals surface area contributed by atoms with Crippen LogP contribution in [0.4, 0.5) is 0 Å². The van der Waals surface area contributed by atoms with Crippen molar-refractivity contribution >= 4 is 54.4 Å². The van der Waals surface area contributed by atoms with Gasteiger partial charge in [0.25, 0.3) is 5.91 Å². The third-order valence-electron chi connectivity index (χ3n) is 4.08. The Labute approximate surface area is 168 Å². The SMILES string of the molecule is NC(=O)[C@H](Cc1cccc2ccccc12)NC(=O)c1cc(Br)cc(Br)c1. The van der Waals surface area contributed by atoms with E-state index in [-0.39, 0.29) is 5.91 Å². The molecule has 0 aliphatic heterocycles. The molecule has 3 aromatic carbocycles. The first-order valence-corrected chi connectivity index (χ1v) is 9.55. The zero-order valence-corrected chi connectivity index (χ0v) is 16.9. The van der Waals surface area contributed by atoms with Gasteiger partial charge in [-0.3, -0.25) is 9.59 Å². The Kier molecular flexibility index (Phi) is 5.74. The van der Waals surface area contributed by atoms with Crippen LogP contribution in [0.2, 0.25) is 0 Å². The quantitative estimate of drug-likeness (QED) is 0.580. The second-order valence-corrected chi connectivity index (χ2v) is 7.76. The van der Waals surface area contributed by atoms with Crippen LogP contribution in [-0.4, -0.2) is 17.9 Å². The summed E-state index contributed by atoms with van der Waals surface area (Å²) >= 11 is 6.71. The maximum Gasteiger partial charge on any atom is 0.252 e. The van der Waals surface area contributed by atoms with Gasteiger partial charge in [0.2, 0.25) is 5.91 Å². The van der Waals surface area contributed by atoms with Crippen molar-refractivity contribution in [2.24, 2.45) is 5.73 Å². The summed E-state index contributed by atoms with van der Waals surface area (Å²) < 4.78 is 1.53. The van der Waals surface area contributed by atoms with E-state index in [4.69, 9.17) is 5.73 Å². The average molecular weight is 476 g/mol. The normalized spacial score (nSPS) is 11.9. The maximum absolute atomic E-state index is 12.6. The molecule has 3 N–H and O–H groups in total. The zero-order valence-electron chi connectivity index (χ0n) is 13.7. The Hall–Kier alpha value is -2.18. The lowest BCUT2D eigenvalue weighted by molar-refractivity contribution is -0.119. The van der Waals surface area contributed by atoms with E-state index in [1.807, 2.05) is 48.5 Å². The van der Waals surface area contributed by atoms with Crippen LogP contribution >= 0.6 is 31.9 Å². The molecule has 26 heavy (non-hydrogen) atoms. The molecule has 6 heteroatoms. The number of carbonyl (C=O) groups excluding carboxylic acids is 2. The van der Waals surface area contributed by atoms with Crippen LogP contribution in [-0.2, 0) is 11.2 Å². The number of hydrogen-bond acceptors (Lipinski definition) is 2. The predicted molar refractivity (Wildman–Crippen MR) is 110 cm³/mol. The highest BCUT2D eigenvalue weighted by Crippen LogP contribution is 2.22. The molecule has 0 radical (unpaired) electrons. The number of benzene rings is 3. The molecule has 0 aliphatic carbocycles. The van der Waals surface area contributed by atoms with Crippen molar-refractivity contribution in [2.45, 2.75) is 12.5 Å².